The summed E-state index contributed by atoms with van der Waals surface area (Å²) in [4.78, 5) is 0. The molecule has 0 fully saturated rings. The summed E-state index contributed by atoms with van der Waals surface area (Å²) in [6.07, 6.45) is 1.39. The van der Waals surface area contributed by atoms with Gasteiger partial charge in [0.05, 0.1) is 18.2 Å². The van der Waals surface area contributed by atoms with Gasteiger partial charge in [0.1, 0.15) is 5.75 Å². The van der Waals surface area contributed by atoms with E-state index in [0.717, 1.165) is 25.3 Å². The normalized spacial score (nSPS) is 14.3. The molecule has 20 heavy (non-hydrogen) atoms. The minimum atomic E-state index is 0.114. The van der Waals surface area contributed by atoms with Gasteiger partial charge in [0.15, 0.2) is 0 Å². The maximum Gasteiger partial charge on any atom is 0.124 e. The summed E-state index contributed by atoms with van der Waals surface area (Å²) in [5.41, 5.74) is 1.18. The molecule has 0 spiro atoms. The molecule has 1 aromatic rings. The Balaban J connectivity index is 2.99. The third kappa shape index (κ3) is 5.14. The van der Waals surface area contributed by atoms with Crippen LogP contribution in [0.5, 0.6) is 5.75 Å². The second-order valence-electron chi connectivity index (χ2n) is 5.30. The predicted molar refractivity (Wildman–Crippen MR) is 84.3 cm³/mol. The number of ether oxygens (including phenoxy) is 2. The molecule has 3 nitrogen and oxygen atoms in total. The van der Waals surface area contributed by atoms with E-state index in [-0.39, 0.29) is 18.2 Å². The molecule has 3 heteroatoms. The molecule has 0 aliphatic carbocycles. The number of hydrogen-bond donors (Lipinski definition) is 1. The monoisotopic (exact) mass is 279 g/mol. The first kappa shape index (κ1) is 17.0. The summed E-state index contributed by atoms with van der Waals surface area (Å²) in [5.74, 6) is 0.947. The van der Waals surface area contributed by atoms with E-state index in [2.05, 4.69) is 45.1 Å². The Bertz CT molecular complexity index is 379. The average molecular weight is 279 g/mol. The summed E-state index contributed by atoms with van der Waals surface area (Å²) in [6.45, 7) is 12.1. The Morgan fingerprint density at radius 2 is 1.80 bits per heavy atom. The maximum atomic E-state index is 5.94. The fourth-order valence-corrected chi connectivity index (χ4v) is 2.29. The van der Waals surface area contributed by atoms with Gasteiger partial charge in [0.25, 0.3) is 0 Å². The highest BCUT2D eigenvalue weighted by Gasteiger charge is 2.22. The van der Waals surface area contributed by atoms with Crippen LogP contribution in [0.3, 0.4) is 0 Å². The van der Waals surface area contributed by atoms with Gasteiger partial charge in [-0.2, -0.15) is 0 Å². The zero-order chi connectivity index (χ0) is 15.0. The molecule has 0 saturated heterocycles. The number of para-hydroxylation sites is 1. The van der Waals surface area contributed by atoms with Crippen LogP contribution in [0.4, 0.5) is 0 Å². The van der Waals surface area contributed by atoms with E-state index in [9.17, 15) is 0 Å². The molecule has 0 aromatic heterocycles. The molecule has 0 saturated carbocycles. The van der Waals surface area contributed by atoms with E-state index < -0.39 is 0 Å². The molecule has 1 N–H and O–H groups in total. The lowest BCUT2D eigenvalue weighted by molar-refractivity contribution is 0.0461. The molecule has 0 radical (unpaired) electrons. The topological polar surface area (TPSA) is 30.5 Å². The molecule has 0 heterocycles. The molecule has 0 aliphatic heterocycles. The lowest BCUT2D eigenvalue weighted by Crippen LogP contribution is -2.33. The summed E-state index contributed by atoms with van der Waals surface area (Å²) >= 11 is 0. The largest absolute Gasteiger partial charge is 0.491 e. The number of rotatable bonds is 9. The number of benzene rings is 1. The zero-order valence-electron chi connectivity index (χ0n) is 13.5. The van der Waals surface area contributed by atoms with Crippen LogP contribution in [0.15, 0.2) is 24.3 Å². The molecule has 2 atom stereocenters. The summed E-state index contributed by atoms with van der Waals surface area (Å²) in [7, 11) is 0. The van der Waals surface area contributed by atoms with Gasteiger partial charge in [-0.3, -0.25) is 0 Å². The van der Waals surface area contributed by atoms with Crippen molar-refractivity contribution in [3.05, 3.63) is 29.8 Å². The van der Waals surface area contributed by atoms with Gasteiger partial charge >= 0.3 is 0 Å². The maximum absolute atomic E-state index is 5.94. The van der Waals surface area contributed by atoms with E-state index in [1.165, 1.54) is 5.56 Å². The van der Waals surface area contributed by atoms with Crippen LogP contribution >= 0.6 is 0 Å². The summed E-state index contributed by atoms with van der Waals surface area (Å²) in [6, 6.07) is 8.39. The van der Waals surface area contributed by atoms with Gasteiger partial charge in [-0.05, 0) is 46.7 Å². The van der Waals surface area contributed by atoms with Crippen molar-refractivity contribution in [1.82, 2.24) is 5.32 Å². The molecule has 0 bridgehead atoms. The number of hydrogen-bond acceptors (Lipinski definition) is 3. The molecular weight excluding hydrogens is 250 g/mol. The van der Waals surface area contributed by atoms with Gasteiger partial charge in [-0.25, -0.2) is 0 Å². The first-order valence-corrected chi connectivity index (χ1v) is 7.70. The highest BCUT2D eigenvalue weighted by molar-refractivity contribution is 5.36. The Morgan fingerprint density at radius 1 is 1.10 bits per heavy atom. The van der Waals surface area contributed by atoms with Crippen LogP contribution in [0, 0.1) is 0 Å². The predicted octanol–water partition coefficient (Wildman–Crippen LogP) is 3.94. The fourth-order valence-electron chi connectivity index (χ4n) is 2.29. The van der Waals surface area contributed by atoms with Crippen LogP contribution in [0.2, 0.25) is 0 Å². The lowest BCUT2D eigenvalue weighted by Gasteiger charge is -2.27. The first-order chi connectivity index (χ1) is 9.60. The van der Waals surface area contributed by atoms with Crippen molar-refractivity contribution in [2.75, 3.05) is 13.2 Å². The van der Waals surface area contributed by atoms with Gasteiger partial charge in [0, 0.05) is 12.2 Å². The SMILES string of the molecule is CCCNC(c1ccccc1OC(C)C)C(C)OCC. The molecule has 114 valence electrons. The third-order valence-corrected chi connectivity index (χ3v) is 3.13. The van der Waals surface area contributed by atoms with Gasteiger partial charge < -0.3 is 14.8 Å². The second kappa shape index (κ2) is 8.98. The highest BCUT2D eigenvalue weighted by atomic mass is 16.5. The molecular formula is C17H29NO2. The van der Waals surface area contributed by atoms with Crippen LogP contribution in [-0.2, 0) is 4.74 Å². The van der Waals surface area contributed by atoms with Crippen LogP contribution in [0.1, 0.15) is 52.6 Å². The van der Waals surface area contributed by atoms with Crippen molar-refractivity contribution < 1.29 is 9.47 Å². The van der Waals surface area contributed by atoms with Crippen LogP contribution in [0.25, 0.3) is 0 Å². The molecule has 0 amide bonds. The minimum Gasteiger partial charge on any atom is -0.491 e. The van der Waals surface area contributed by atoms with Crippen molar-refractivity contribution in [3.63, 3.8) is 0 Å². The third-order valence-electron chi connectivity index (χ3n) is 3.13. The van der Waals surface area contributed by atoms with Gasteiger partial charge in [-0.1, -0.05) is 25.1 Å². The quantitative estimate of drug-likeness (QED) is 0.742. The van der Waals surface area contributed by atoms with E-state index >= 15 is 0 Å². The lowest BCUT2D eigenvalue weighted by atomic mass is 10.0. The van der Waals surface area contributed by atoms with E-state index in [4.69, 9.17) is 9.47 Å². The Morgan fingerprint density at radius 3 is 2.40 bits per heavy atom. The van der Waals surface area contributed by atoms with Crippen LogP contribution < -0.4 is 10.1 Å². The average Bonchev–Trinajstić information content (AvgIpc) is 2.40. The van der Waals surface area contributed by atoms with Crippen molar-refractivity contribution in [2.24, 2.45) is 0 Å². The summed E-state index contributed by atoms with van der Waals surface area (Å²) in [5, 5.41) is 3.58. The second-order valence-corrected chi connectivity index (χ2v) is 5.30. The first-order valence-electron chi connectivity index (χ1n) is 7.70. The van der Waals surface area contributed by atoms with Gasteiger partial charge in [0.2, 0.25) is 0 Å². The minimum absolute atomic E-state index is 0.114. The van der Waals surface area contributed by atoms with Crippen LogP contribution in [-0.4, -0.2) is 25.4 Å². The highest BCUT2D eigenvalue weighted by Crippen LogP contribution is 2.29. The molecule has 0 aliphatic rings. The summed E-state index contributed by atoms with van der Waals surface area (Å²) < 4.78 is 11.7. The van der Waals surface area contributed by atoms with Crippen molar-refractivity contribution in [1.29, 1.82) is 0 Å². The number of nitrogens with one attached hydrogen (secondary N) is 1. The van der Waals surface area contributed by atoms with Crippen molar-refractivity contribution in [3.8, 4) is 5.75 Å². The van der Waals surface area contributed by atoms with E-state index in [0.29, 0.717) is 0 Å². The van der Waals surface area contributed by atoms with E-state index in [1.807, 2.05) is 19.1 Å². The van der Waals surface area contributed by atoms with Crippen molar-refractivity contribution >= 4 is 0 Å². The molecule has 2 unspecified atom stereocenters. The zero-order valence-corrected chi connectivity index (χ0v) is 13.5. The van der Waals surface area contributed by atoms with Crippen molar-refractivity contribution in [2.45, 2.75) is 59.3 Å². The molecule has 1 rings (SSSR count). The standard InChI is InChI=1S/C17H29NO2/c1-6-12-18-17(14(5)19-7-2)15-10-8-9-11-16(15)20-13(3)4/h8-11,13-14,17-18H,6-7,12H2,1-5H3. The molecule has 1 aromatic carbocycles. The fraction of sp³-hybridized carbons (Fsp3) is 0.647. The Kier molecular flexibility index (Phi) is 7.63. The Labute approximate surface area is 123 Å². The van der Waals surface area contributed by atoms with E-state index in [1.54, 1.807) is 0 Å². The van der Waals surface area contributed by atoms with Gasteiger partial charge in [-0.15, -0.1) is 0 Å². The smallest absolute Gasteiger partial charge is 0.124 e. The Hall–Kier alpha value is -1.06.